The summed E-state index contributed by atoms with van der Waals surface area (Å²) in [4.78, 5) is 34.0. The van der Waals surface area contributed by atoms with Crippen molar-refractivity contribution in [3.05, 3.63) is 95.6 Å². The van der Waals surface area contributed by atoms with E-state index in [4.69, 9.17) is 21.0 Å². The highest BCUT2D eigenvalue weighted by Gasteiger charge is 2.23. The third kappa shape index (κ3) is 12.3. The predicted octanol–water partition coefficient (Wildman–Crippen LogP) is 7.62. The topological polar surface area (TPSA) is 213 Å². The second-order valence-electron chi connectivity index (χ2n) is 16.0. The molecule has 0 radical (unpaired) electrons. The molecule has 0 saturated carbocycles. The second-order valence-corrected chi connectivity index (χ2v) is 16.0. The molecule has 6 aromatic heterocycles. The van der Waals surface area contributed by atoms with E-state index in [1.807, 2.05) is 113 Å². The monoisotopic (exact) mass is 798 g/mol. The van der Waals surface area contributed by atoms with Crippen LogP contribution in [0.15, 0.2) is 73.3 Å². The highest BCUT2D eigenvalue weighted by Crippen LogP contribution is 2.28. The van der Waals surface area contributed by atoms with E-state index in [9.17, 15) is 9.59 Å². The first-order valence-electron chi connectivity index (χ1n) is 19.4. The molecule has 0 aliphatic rings. The van der Waals surface area contributed by atoms with Gasteiger partial charge in [-0.3, -0.25) is 14.8 Å². The molecular weight excluding hydrogens is 745 g/mol. The normalized spacial score (nSPS) is 11.1. The zero-order valence-electron chi connectivity index (χ0n) is 35.6. The van der Waals surface area contributed by atoms with E-state index in [1.165, 1.54) is 18.6 Å². The van der Waals surface area contributed by atoms with E-state index in [-0.39, 0.29) is 24.0 Å². The van der Waals surface area contributed by atoms with E-state index in [0.29, 0.717) is 45.4 Å². The van der Waals surface area contributed by atoms with Crippen molar-refractivity contribution in [2.45, 2.75) is 106 Å². The zero-order chi connectivity index (χ0) is 43.6. The SMILES string of the molecule is CC(C)N.CC(C)NC(=O)c1cnc(-c2ccc3cc(C#N)cnn23)cc1NC(C)C.CC(C)Nc1cc(-c2ccc3cc(C#N)cnn23)ncc1C(=O)OC(C)(C)C. The Balaban J connectivity index is 0.000000239. The summed E-state index contributed by atoms with van der Waals surface area (Å²) in [7, 11) is 0. The number of nitrogens with one attached hydrogen (secondary N) is 3. The van der Waals surface area contributed by atoms with Crippen LogP contribution in [0.4, 0.5) is 11.4 Å². The molecule has 15 heteroatoms. The number of esters is 1. The number of carbonyl (C=O) groups is 2. The fourth-order valence-electron chi connectivity index (χ4n) is 5.58. The van der Waals surface area contributed by atoms with Crippen molar-refractivity contribution in [1.29, 1.82) is 10.5 Å². The maximum absolute atomic E-state index is 12.6. The average molecular weight is 799 g/mol. The number of carbonyl (C=O) groups excluding carboxylic acids is 2. The number of amides is 1. The van der Waals surface area contributed by atoms with E-state index in [2.05, 4.69) is 48.3 Å². The van der Waals surface area contributed by atoms with Crippen LogP contribution in [0.25, 0.3) is 33.8 Å². The van der Waals surface area contributed by atoms with Crippen LogP contribution < -0.4 is 21.7 Å². The van der Waals surface area contributed by atoms with Crippen molar-refractivity contribution in [3.8, 4) is 34.9 Å². The molecule has 0 aromatic carbocycles. The van der Waals surface area contributed by atoms with Gasteiger partial charge < -0.3 is 26.4 Å². The van der Waals surface area contributed by atoms with Crippen LogP contribution in [0.2, 0.25) is 0 Å². The predicted molar refractivity (Wildman–Crippen MR) is 231 cm³/mol. The van der Waals surface area contributed by atoms with Gasteiger partial charge in [0.1, 0.15) is 23.3 Å². The molecule has 0 atom stereocenters. The molecule has 0 saturated heterocycles. The average Bonchev–Trinajstić information content (AvgIpc) is 3.77. The lowest BCUT2D eigenvalue weighted by atomic mass is 10.1. The number of nitrogens with two attached hydrogens (primary N) is 1. The van der Waals surface area contributed by atoms with Gasteiger partial charge in [0.15, 0.2) is 0 Å². The number of nitrogens with zero attached hydrogens (tertiary/aromatic N) is 8. The van der Waals surface area contributed by atoms with Crippen LogP contribution >= 0.6 is 0 Å². The van der Waals surface area contributed by atoms with Crippen LogP contribution in [0.1, 0.15) is 108 Å². The first kappa shape index (κ1) is 44.9. The summed E-state index contributed by atoms with van der Waals surface area (Å²) in [5.74, 6) is -0.587. The summed E-state index contributed by atoms with van der Waals surface area (Å²) in [6, 6.07) is 19.6. The Labute approximate surface area is 345 Å². The van der Waals surface area contributed by atoms with E-state index >= 15 is 0 Å². The van der Waals surface area contributed by atoms with Crippen molar-refractivity contribution >= 4 is 34.3 Å². The lowest BCUT2D eigenvalue weighted by Gasteiger charge is -2.21. The summed E-state index contributed by atoms with van der Waals surface area (Å²) < 4.78 is 8.96. The van der Waals surface area contributed by atoms with Crippen LogP contribution in [0, 0.1) is 22.7 Å². The van der Waals surface area contributed by atoms with Gasteiger partial charge in [0.2, 0.25) is 0 Å². The summed E-state index contributed by atoms with van der Waals surface area (Å²) in [5, 5.41) is 36.2. The molecule has 0 fully saturated rings. The quantitative estimate of drug-likeness (QED) is 0.104. The Morgan fingerprint density at radius 1 is 0.678 bits per heavy atom. The first-order chi connectivity index (χ1) is 27.8. The zero-order valence-corrected chi connectivity index (χ0v) is 35.6. The third-order valence-electron chi connectivity index (χ3n) is 7.76. The number of anilines is 2. The molecule has 0 unspecified atom stereocenters. The molecule has 0 bridgehead atoms. The third-order valence-corrected chi connectivity index (χ3v) is 7.76. The van der Waals surface area contributed by atoms with Gasteiger partial charge in [-0.25, -0.2) is 13.8 Å². The molecular formula is C44H54N12O3. The Hall–Kier alpha value is -6.84. The summed E-state index contributed by atoms with van der Waals surface area (Å²) in [6.45, 7) is 21.2. The number of nitriles is 2. The van der Waals surface area contributed by atoms with Crippen LogP contribution in [0.3, 0.4) is 0 Å². The number of ether oxygens (including phenoxy) is 1. The molecule has 1 amide bonds. The highest BCUT2D eigenvalue weighted by molar-refractivity contribution is 6.00. The van der Waals surface area contributed by atoms with Crippen LogP contribution in [-0.2, 0) is 4.74 Å². The van der Waals surface area contributed by atoms with E-state index in [0.717, 1.165) is 28.1 Å². The van der Waals surface area contributed by atoms with Gasteiger partial charge in [0.25, 0.3) is 5.91 Å². The second kappa shape index (κ2) is 19.5. The van der Waals surface area contributed by atoms with Crippen molar-refractivity contribution in [2.75, 3.05) is 10.6 Å². The van der Waals surface area contributed by atoms with Crippen LogP contribution in [-0.4, -0.2) is 70.8 Å². The number of rotatable bonds is 9. The molecule has 0 aliphatic carbocycles. The van der Waals surface area contributed by atoms with Gasteiger partial charge in [-0.1, -0.05) is 13.8 Å². The largest absolute Gasteiger partial charge is 0.456 e. The lowest BCUT2D eigenvalue weighted by molar-refractivity contribution is 0.00700. The molecule has 6 heterocycles. The summed E-state index contributed by atoms with van der Waals surface area (Å²) in [5.41, 5.74) is 12.3. The lowest BCUT2D eigenvalue weighted by Crippen LogP contribution is -2.31. The highest BCUT2D eigenvalue weighted by atomic mass is 16.6. The maximum atomic E-state index is 12.6. The fraction of sp³-hybridized carbons (Fsp3) is 0.364. The van der Waals surface area contributed by atoms with Gasteiger partial charge in [-0.05, 0) is 117 Å². The Morgan fingerprint density at radius 3 is 1.49 bits per heavy atom. The molecule has 308 valence electrons. The Bertz CT molecular complexity index is 2490. The summed E-state index contributed by atoms with van der Waals surface area (Å²) >= 11 is 0. The molecule has 59 heavy (non-hydrogen) atoms. The number of hydrogen-bond donors (Lipinski definition) is 4. The van der Waals surface area contributed by atoms with E-state index in [1.54, 1.807) is 27.4 Å². The van der Waals surface area contributed by atoms with Crippen molar-refractivity contribution < 1.29 is 14.3 Å². The molecule has 15 nitrogen and oxygen atoms in total. The van der Waals surface area contributed by atoms with E-state index < -0.39 is 11.6 Å². The number of hydrogen-bond acceptors (Lipinski definition) is 12. The van der Waals surface area contributed by atoms with Crippen molar-refractivity contribution in [2.24, 2.45) is 5.73 Å². The van der Waals surface area contributed by atoms with Crippen molar-refractivity contribution in [3.63, 3.8) is 0 Å². The number of pyridine rings is 2. The molecule has 6 rings (SSSR count). The van der Waals surface area contributed by atoms with Crippen LogP contribution in [0.5, 0.6) is 0 Å². The minimum absolute atomic E-state index is 0.0391. The minimum atomic E-state index is -0.592. The fourth-order valence-corrected chi connectivity index (χ4v) is 5.58. The molecule has 0 aliphatic heterocycles. The van der Waals surface area contributed by atoms with Crippen molar-refractivity contribution in [1.82, 2.24) is 34.5 Å². The van der Waals surface area contributed by atoms with Gasteiger partial charge in [-0.15, -0.1) is 0 Å². The maximum Gasteiger partial charge on any atom is 0.342 e. The smallest absolute Gasteiger partial charge is 0.342 e. The first-order valence-corrected chi connectivity index (χ1v) is 19.4. The Morgan fingerprint density at radius 2 is 1.10 bits per heavy atom. The van der Waals surface area contributed by atoms with Gasteiger partial charge >= 0.3 is 5.97 Å². The minimum Gasteiger partial charge on any atom is -0.456 e. The Kier molecular flexibility index (Phi) is 14.9. The van der Waals surface area contributed by atoms with Gasteiger partial charge in [-0.2, -0.15) is 20.7 Å². The molecule has 0 spiro atoms. The summed E-state index contributed by atoms with van der Waals surface area (Å²) in [6.07, 6.45) is 6.14. The molecule has 6 aromatic rings. The number of fused-ring (bicyclic) bond motifs is 2. The van der Waals surface area contributed by atoms with Gasteiger partial charge in [0.05, 0.1) is 74.3 Å². The van der Waals surface area contributed by atoms with Gasteiger partial charge in [0, 0.05) is 30.5 Å². The number of aromatic nitrogens is 6. The molecule has 5 N–H and O–H groups in total. The standard InChI is InChI=1S/C21H23N5O2.C20H22N6O.C3H9N/c1-13(2)25-17-9-18(23-12-16(17)20(27)28-21(3,4)5)19-7-6-15-8-14(10-22)11-24-26(15)19;1-12(2)24-17-8-18(22-11-16(17)20(27)25-13(3)4)19-6-5-15-7-14(9-21)10-23-26(15)19;1-3(2)4/h6-9,11-13H,1-5H3,(H,23,25);5-8,10-13H,1-4H3,(H,22,24)(H,25,27);3H,4H2,1-2H3.